The molecule has 5 N–H and O–H groups in total. The van der Waals surface area contributed by atoms with Gasteiger partial charge in [0.05, 0.1) is 12.8 Å². The van der Waals surface area contributed by atoms with Crippen molar-refractivity contribution in [2.45, 2.75) is 88.1 Å². The molecule has 3 amide bonds. The summed E-state index contributed by atoms with van der Waals surface area (Å²) >= 11 is 0.924. The first kappa shape index (κ1) is 30.4. The summed E-state index contributed by atoms with van der Waals surface area (Å²) in [5.74, 6) is 0. The fourth-order valence-electron chi connectivity index (χ4n) is 4.92. The first-order valence-electron chi connectivity index (χ1n) is 13.5. The molecule has 2 aliphatic carbocycles. The van der Waals surface area contributed by atoms with E-state index in [1.165, 1.54) is 24.2 Å². The Morgan fingerprint density at radius 1 is 1.15 bits per heavy atom. The van der Waals surface area contributed by atoms with Crippen molar-refractivity contribution in [1.29, 1.82) is 0 Å². The van der Waals surface area contributed by atoms with Crippen molar-refractivity contribution in [3.8, 4) is 0 Å². The average Bonchev–Trinajstić information content (AvgIpc) is 3.60. The number of hydrogen-bond donors (Lipinski definition) is 4. The van der Waals surface area contributed by atoms with Crippen molar-refractivity contribution in [3.63, 3.8) is 0 Å². The van der Waals surface area contributed by atoms with Crippen LogP contribution in [0.15, 0.2) is 20.8 Å². The third kappa shape index (κ3) is 7.58. The van der Waals surface area contributed by atoms with Crippen LogP contribution in [0.4, 0.5) is 15.3 Å². The number of thiazole rings is 1. The van der Waals surface area contributed by atoms with Crippen LogP contribution in [0.5, 0.6) is 0 Å². The molecular formula is C27H39N5O6S2. The van der Waals surface area contributed by atoms with Gasteiger partial charge in [0.1, 0.15) is 20.4 Å². The topological polar surface area (TPSA) is 165 Å². The number of nitrogens with two attached hydrogens (primary N) is 1. The zero-order chi connectivity index (χ0) is 29.1. The van der Waals surface area contributed by atoms with Gasteiger partial charge < -0.3 is 25.2 Å². The Bertz CT molecular complexity index is 1360. The van der Waals surface area contributed by atoms with E-state index in [4.69, 9.17) is 14.6 Å². The maximum atomic E-state index is 13.2. The number of nitrogens with one attached hydrogen (secondary N) is 2. The Labute approximate surface area is 239 Å². The molecule has 1 aromatic carbocycles. The van der Waals surface area contributed by atoms with Gasteiger partial charge in [0.25, 0.3) is 0 Å². The molecule has 2 atom stereocenters. The molecule has 1 aromatic heterocycles. The number of fused-ring (bicyclic) bond motifs is 2. The van der Waals surface area contributed by atoms with E-state index in [2.05, 4.69) is 26.0 Å². The number of rotatable bonds is 9. The highest BCUT2D eigenvalue weighted by Gasteiger charge is 2.30. The van der Waals surface area contributed by atoms with E-state index in [-0.39, 0.29) is 22.4 Å². The van der Waals surface area contributed by atoms with E-state index in [1.807, 2.05) is 0 Å². The fraction of sp³-hybridized carbons (Fsp3) is 0.593. The molecule has 1 heterocycles. The molecule has 220 valence electrons. The standard InChI is InChI=1S/C27H39N5O6S2/c1-26(2,3)38-25(34)29-12-7-13-37-16-27(4,35)23-30-15-21(39-23)40(28,36)32-24(33)31-22-19-10-5-8-17(19)14-18-9-6-11-20(18)22/h14-15,35H,5-13,16H2,1-4H3,(H,29,34)(H3,28,31,32,33,36). The Morgan fingerprint density at radius 3 is 2.42 bits per heavy atom. The molecule has 0 aliphatic heterocycles. The number of nitrogens with zero attached hydrogens (tertiary/aromatic N) is 2. The highest BCUT2D eigenvalue weighted by molar-refractivity contribution is 7.93. The van der Waals surface area contributed by atoms with Gasteiger partial charge in [-0.05, 0) is 94.9 Å². The molecule has 40 heavy (non-hydrogen) atoms. The Morgan fingerprint density at radius 2 is 1.80 bits per heavy atom. The number of anilines is 1. The molecule has 0 fully saturated rings. The van der Waals surface area contributed by atoms with Gasteiger partial charge >= 0.3 is 12.1 Å². The Hall–Kier alpha value is -2.58. The molecule has 2 unspecified atom stereocenters. The number of benzene rings is 1. The molecule has 4 rings (SSSR count). The highest BCUT2D eigenvalue weighted by atomic mass is 32.2. The predicted octanol–water partition coefficient (Wildman–Crippen LogP) is 4.19. The monoisotopic (exact) mass is 593 g/mol. The lowest BCUT2D eigenvalue weighted by atomic mass is 9.99. The maximum Gasteiger partial charge on any atom is 0.407 e. The lowest BCUT2D eigenvalue weighted by Crippen LogP contribution is -2.33. The molecule has 0 saturated carbocycles. The van der Waals surface area contributed by atoms with Crippen molar-refractivity contribution >= 4 is 39.1 Å². The molecule has 2 aromatic rings. The van der Waals surface area contributed by atoms with E-state index >= 15 is 0 Å². The summed E-state index contributed by atoms with van der Waals surface area (Å²) in [7, 11) is -3.59. The zero-order valence-electron chi connectivity index (χ0n) is 23.5. The summed E-state index contributed by atoms with van der Waals surface area (Å²) in [6, 6.07) is 1.51. The van der Waals surface area contributed by atoms with Crippen LogP contribution in [-0.2, 0) is 50.7 Å². The minimum atomic E-state index is -3.59. The Kier molecular flexibility index (Phi) is 9.20. The number of amides is 3. The number of aryl methyl sites for hydroxylation is 2. The van der Waals surface area contributed by atoms with Gasteiger partial charge in [-0.25, -0.2) is 23.9 Å². The van der Waals surface area contributed by atoms with Crippen LogP contribution in [0.3, 0.4) is 0 Å². The largest absolute Gasteiger partial charge is 0.444 e. The van der Waals surface area contributed by atoms with Gasteiger partial charge in [0, 0.05) is 18.8 Å². The number of aliphatic hydroxyl groups is 1. The number of hydrogen-bond acceptors (Lipinski definition) is 8. The van der Waals surface area contributed by atoms with Gasteiger partial charge in [-0.1, -0.05) is 6.07 Å². The van der Waals surface area contributed by atoms with Crippen LogP contribution < -0.4 is 15.8 Å². The third-order valence-corrected chi connectivity index (χ3v) is 9.80. The molecule has 0 spiro atoms. The summed E-state index contributed by atoms with van der Waals surface area (Å²) in [5, 5.41) is 22.7. The number of carbonyl (C=O) groups excluding carboxylic acids is 2. The predicted molar refractivity (Wildman–Crippen MR) is 154 cm³/mol. The molecule has 13 heteroatoms. The first-order valence-corrected chi connectivity index (χ1v) is 15.9. The van der Waals surface area contributed by atoms with Crippen LogP contribution in [0.1, 0.15) is 74.2 Å². The van der Waals surface area contributed by atoms with E-state index in [0.29, 0.717) is 13.0 Å². The van der Waals surface area contributed by atoms with Crippen LogP contribution in [-0.4, -0.2) is 51.8 Å². The second kappa shape index (κ2) is 12.1. The van der Waals surface area contributed by atoms with Gasteiger partial charge in [-0.3, -0.25) is 0 Å². The van der Waals surface area contributed by atoms with Gasteiger partial charge in [0.15, 0.2) is 9.92 Å². The fourth-order valence-corrected chi connectivity index (χ4v) is 7.01. The van der Waals surface area contributed by atoms with E-state index in [9.17, 15) is 18.9 Å². The minimum Gasteiger partial charge on any atom is -0.444 e. The van der Waals surface area contributed by atoms with Crippen molar-refractivity contribution < 1.29 is 28.4 Å². The average molecular weight is 594 g/mol. The second-order valence-electron chi connectivity index (χ2n) is 11.4. The van der Waals surface area contributed by atoms with Crippen molar-refractivity contribution in [1.82, 2.24) is 10.3 Å². The minimum absolute atomic E-state index is 0.0833. The summed E-state index contributed by atoms with van der Waals surface area (Å²) in [5.41, 5.74) is 3.56. The van der Waals surface area contributed by atoms with E-state index < -0.39 is 33.2 Å². The number of carbonyl (C=O) groups is 2. The lowest BCUT2D eigenvalue weighted by molar-refractivity contribution is -0.0383. The SMILES string of the molecule is CC(C)(C)OC(=O)NCCCOCC(C)(O)c1ncc(S(N)(=O)=NC(=O)Nc2c3c(cc4c2CCC4)CCC3)s1. The van der Waals surface area contributed by atoms with Crippen molar-refractivity contribution in [2.24, 2.45) is 9.50 Å². The van der Waals surface area contributed by atoms with Crippen LogP contribution in [0, 0.1) is 0 Å². The molecular weight excluding hydrogens is 554 g/mol. The van der Waals surface area contributed by atoms with Crippen LogP contribution >= 0.6 is 11.3 Å². The molecule has 2 aliphatic rings. The molecule has 11 nitrogen and oxygen atoms in total. The van der Waals surface area contributed by atoms with Crippen molar-refractivity contribution in [3.05, 3.63) is 39.5 Å². The second-order valence-corrected chi connectivity index (χ2v) is 14.5. The number of alkyl carbamates (subject to hydrolysis) is 1. The van der Waals surface area contributed by atoms with Crippen molar-refractivity contribution in [2.75, 3.05) is 25.1 Å². The molecule has 0 radical (unpaired) electrons. The molecule has 0 saturated heterocycles. The van der Waals surface area contributed by atoms with Crippen LogP contribution in [0.25, 0.3) is 0 Å². The zero-order valence-corrected chi connectivity index (χ0v) is 25.1. The summed E-state index contributed by atoms with van der Waals surface area (Å²) in [6.07, 6.45) is 7.14. The first-order chi connectivity index (χ1) is 18.7. The van der Waals surface area contributed by atoms with E-state index in [0.717, 1.165) is 66.7 Å². The maximum absolute atomic E-state index is 13.2. The summed E-state index contributed by atoms with van der Waals surface area (Å²) < 4.78 is 27.9. The quantitative estimate of drug-likeness (QED) is 0.316. The van der Waals surface area contributed by atoms with Gasteiger partial charge in [0.2, 0.25) is 0 Å². The van der Waals surface area contributed by atoms with Crippen LogP contribution in [0.2, 0.25) is 0 Å². The number of ether oxygens (including phenoxy) is 2. The number of aromatic nitrogens is 1. The summed E-state index contributed by atoms with van der Waals surface area (Å²) in [6.45, 7) is 7.43. The Balaban J connectivity index is 1.33. The smallest absolute Gasteiger partial charge is 0.407 e. The number of urea groups is 1. The van der Waals surface area contributed by atoms with Gasteiger partial charge in [-0.2, -0.15) is 0 Å². The normalized spacial score (nSPS) is 17.4. The van der Waals surface area contributed by atoms with Gasteiger partial charge in [-0.15, -0.1) is 15.7 Å². The lowest BCUT2D eigenvalue weighted by Gasteiger charge is -2.21. The molecule has 0 bridgehead atoms. The summed E-state index contributed by atoms with van der Waals surface area (Å²) in [4.78, 5) is 28.7. The third-order valence-electron chi connectivity index (χ3n) is 6.67. The highest BCUT2D eigenvalue weighted by Crippen LogP contribution is 2.38. The van der Waals surface area contributed by atoms with E-state index in [1.54, 1.807) is 20.8 Å².